The summed E-state index contributed by atoms with van der Waals surface area (Å²) in [5.74, 6) is 0. The van der Waals surface area contributed by atoms with Gasteiger partial charge in [-0.1, -0.05) is 124 Å². The van der Waals surface area contributed by atoms with E-state index < -0.39 is 16.4 Å². The van der Waals surface area contributed by atoms with Crippen molar-refractivity contribution in [3.63, 3.8) is 0 Å². The SMILES string of the molecule is CC(C)N1CC2CC1CN2Cc1cc(-c2ccccc2Cl)c2c(c1)N(c1c(Cl)cc(C3OCCO3)cc1Cl)C(=O)NC2.CC(C)N1CC2CC1CN2Cc1cc(-c2ccccc2Cl)c2c(c1)N(c1c(Cl)cc(C=O)cc1Cl)C(=O)NC2.Cc1ccc(S(=O)(=O)O)cc1.OCCO. The number of nitrogens with zero attached hydrogens (tertiary/aromatic N) is 6. The molecule has 7 aliphatic heterocycles. The summed E-state index contributed by atoms with van der Waals surface area (Å²) < 4.78 is 40.9. The molecule has 7 aromatic carbocycles. The van der Waals surface area contributed by atoms with Crippen LogP contribution in [0.4, 0.5) is 32.3 Å². The highest BCUT2D eigenvalue weighted by Gasteiger charge is 2.46. The van der Waals surface area contributed by atoms with Gasteiger partial charge in [-0.05, 0) is 143 Å². The zero-order valence-corrected chi connectivity index (χ0v) is 59.0. The lowest BCUT2D eigenvalue weighted by molar-refractivity contribution is -0.0441. The Labute approximate surface area is 590 Å². The molecule has 7 heterocycles. The van der Waals surface area contributed by atoms with E-state index in [1.807, 2.05) is 55.5 Å². The smallest absolute Gasteiger partial charge is 0.326 e. The van der Waals surface area contributed by atoms with E-state index in [0.717, 1.165) is 95.0 Å². The van der Waals surface area contributed by atoms with E-state index in [9.17, 15) is 22.8 Å². The highest BCUT2D eigenvalue weighted by Crippen LogP contribution is 2.49. The first-order chi connectivity index (χ1) is 45.9. The van der Waals surface area contributed by atoms with Gasteiger partial charge in [-0.25, -0.2) is 9.59 Å². The van der Waals surface area contributed by atoms with Gasteiger partial charge in [-0.3, -0.25) is 38.7 Å². The molecule has 7 aromatic rings. The van der Waals surface area contributed by atoms with E-state index in [0.29, 0.717) is 117 Å². The third-order valence-corrected chi connectivity index (χ3v) is 21.2. The van der Waals surface area contributed by atoms with E-state index >= 15 is 0 Å². The number of benzene rings is 7. The van der Waals surface area contributed by atoms with Gasteiger partial charge < -0.3 is 30.3 Å². The number of likely N-dealkylation sites (tertiary alicyclic amines) is 4. The maximum atomic E-state index is 13.6. The number of aryl methyl sites for hydroxylation is 1. The second kappa shape index (κ2) is 30.7. The first-order valence-electron chi connectivity index (χ1n) is 31.8. The molecule has 5 fully saturated rings. The molecule has 0 saturated carbocycles. The molecule has 0 radical (unpaired) electrons. The summed E-state index contributed by atoms with van der Waals surface area (Å²) in [5.41, 5.74) is 12.1. The third-order valence-electron chi connectivity index (χ3n) is 18.5. The van der Waals surface area contributed by atoms with Gasteiger partial charge in [0.1, 0.15) is 6.29 Å². The van der Waals surface area contributed by atoms with Crippen molar-refractivity contribution in [1.29, 1.82) is 0 Å². The van der Waals surface area contributed by atoms with Crippen molar-refractivity contribution < 1.29 is 47.0 Å². The number of nitrogens with one attached hydrogen (secondary N) is 2. The summed E-state index contributed by atoms with van der Waals surface area (Å²) >= 11 is 40.4. The normalized spacial score (nSPS) is 20.1. The zero-order valence-electron chi connectivity index (χ0n) is 53.6. The predicted octanol–water partition coefficient (Wildman–Crippen LogP) is 14.8. The number of halogens is 6. The number of aliphatic hydroxyl groups is 2. The number of carbonyl (C=O) groups is 3. The van der Waals surface area contributed by atoms with Gasteiger partial charge in [0, 0.05) is 132 Å². The number of hydrogen-bond donors (Lipinski definition) is 5. The summed E-state index contributed by atoms with van der Waals surface area (Å²) in [4.78, 5) is 51.7. The van der Waals surface area contributed by atoms with Crippen LogP contribution >= 0.6 is 69.6 Å². The number of carbonyl (C=O) groups excluding carboxylic acids is 3. The lowest BCUT2D eigenvalue weighted by atomic mass is 9.93. The van der Waals surface area contributed by atoms with Crippen LogP contribution in [0.15, 0.2) is 126 Å². The Balaban J connectivity index is 0.000000161. The van der Waals surface area contributed by atoms with Gasteiger partial charge >= 0.3 is 12.1 Å². The Bertz CT molecular complexity index is 4120. The summed E-state index contributed by atoms with van der Waals surface area (Å²) in [7, 11) is -4.02. The van der Waals surface area contributed by atoms with E-state index in [-0.39, 0.29) is 40.2 Å². The van der Waals surface area contributed by atoms with Gasteiger partial charge in [0.15, 0.2) is 6.29 Å². The fraction of sp³-hybridized carbons (Fsp3) is 0.366. The molecule has 96 heavy (non-hydrogen) atoms. The molecular formula is C71H76Cl6N8O10S. The summed E-state index contributed by atoms with van der Waals surface area (Å²) in [5, 5.41) is 23.7. The lowest BCUT2D eigenvalue weighted by Crippen LogP contribution is -2.48. The molecule has 14 rings (SSSR count). The quantitative estimate of drug-likeness (QED) is 0.0507. The van der Waals surface area contributed by atoms with Crippen LogP contribution in [0.25, 0.3) is 22.3 Å². The topological polar surface area (TPSA) is 208 Å². The van der Waals surface area contributed by atoms with Gasteiger partial charge in [0.2, 0.25) is 0 Å². The summed E-state index contributed by atoms with van der Waals surface area (Å²) in [6, 6.07) is 39.4. The van der Waals surface area contributed by atoms with Crippen LogP contribution in [0.5, 0.6) is 0 Å². The molecule has 4 atom stereocenters. The minimum absolute atomic E-state index is 0.0666. The van der Waals surface area contributed by atoms with Crippen LogP contribution in [-0.2, 0) is 45.8 Å². The van der Waals surface area contributed by atoms with Gasteiger partial charge in [0.25, 0.3) is 10.1 Å². The highest BCUT2D eigenvalue weighted by molar-refractivity contribution is 7.85. The number of amides is 4. The molecular weight excluding hydrogens is 1370 g/mol. The minimum Gasteiger partial charge on any atom is -0.394 e. The molecule has 18 nitrogen and oxygen atoms in total. The molecule has 4 bridgehead atoms. The maximum Gasteiger partial charge on any atom is 0.326 e. The van der Waals surface area contributed by atoms with Crippen molar-refractivity contribution in [3.8, 4) is 22.3 Å². The number of hydrogen-bond acceptors (Lipinski definition) is 13. The molecule has 5 N–H and O–H groups in total. The first-order valence-corrected chi connectivity index (χ1v) is 35.5. The number of piperazine rings is 2. The average Bonchev–Trinajstić information content (AvgIpc) is 0.957. The number of anilines is 4. The number of aliphatic hydroxyl groups excluding tert-OH is 2. The molecule has 5 saturated heterocycles. The highest BCUT2D eigenvalue weighted by atomic mass is 35.5. The maximum absolute atomic E-state index is 13.6. The summed E-state index contributed by atoms with van der Waals surface area (Å²) in [6.07, 6.45) is 2.53. The molecule has 7 aliphatic rings. The van der Waals surface area contributed by atoms with Crippen LogP contribution in [0.3, 0.4) is 0 Å². The van der Waals surface area contributed by atoms with Crippen LogP contribution in [-0.4, -0.2) is 150 Å². The minimum atomic E-state index is -4.02. The van der Waals surface area contributed by atoms with Crippen molar-refractivity contribution in [3.05, 3.63) is 190 Å². The van der Waals surface area contributed by atoms with E-state index in [1.165, 1.54) is 42.0 Å². The second-order valence-electron chi connectivity index (χ2n) is 25.3. The zero-order chi connectivity index (χ0) is 68.4. The van der Waals surface area contributed by atoms with E-state index in [1.54, 1.807) is 29.2 Å². The standard InChI is InChI=1S/C32H33Cl3N4O3.C30H29Cl3N4O2.C7H8O3S.C2H6O2/c1-18(2)38-17-21-13-22(38)16-37(21)15-19-9-24(23-5-3-4-6-26(23)33)25-14-36-32(40)39(29(25)10-19)30-27(34)11-20(12-28(30)35)31-41-7-8-42-31;1-17(2)36-15-20-11-21(36)14-35(20)13-18-7-23(22-5-3-4-6-25(22)31)24-12-34-30(39)37(28(24)10-18)29-26(32)8-19(16-38)9-27(29)33;1-6-2-4-7(5-3-6)11(8,9)10;3-1-2-4/h3-6,9-12,18,21-22,31H,7-8,13-17H2,1-2H3,(H,36,40);3-10,16-17,20-21H,11-15H2,1-2H3,(H,34,39);2-5H,1H3,(H,8,9,10);3-4H,1-2H2. The third kappa shape index (κ3) is 15.4. The fourth-order valence-corrected chi connectivity index (χ4v) is 16.4. The molecule has 508 valence electrons. The van der Waals surface area contributed by atoms with Crippen LogP contribution in [0.2, 0.25) is 30.1 Å². The Kier molecular flexibility index (Phi) is 22.8. The van der Waals surface area contributed by atoms with Crippen molar-refractivity contribution >= 4 is 121 Å². The number of ether oxygens (including phenoxy) is 2. The summed E-state index contributed by atoms with van der Waals surface area (Å²) in [6.45, 7) is 18.2. The predicted molar refractivity (Wildman–Crippen MR) is 380 cm³/mol. The fourth-order valence-electron chi connectivity index (χ4n) is 14.1. The number of rotatable bonds is 14. The molecule has 0 aliphatic carbocycles. The molecule has 4 amide bonds. The number of fused-ring (bicyclic) bond motifs is 6. The van der Waals surface area contributed by atoms with Crippen LogP contribution in [0.1, 0.15) is 90.6 Å². The van der Waals surface area contributed by atoms with Gasteiger partial charge in [-0.2, -0.15) is 8.42 Å². The average molecular weight is 1450 g/mol. The van der Waals surface area contributed by atoms with Crippen LogP contribution < -0.4 is 20.4 Å². The lowest BCUT2D eigenvalue weighted by Gasteiger charge is -2.37. The van der Waals surface area contributed by atoms with Gasteiger partial charge in [0.05, 0.1) is 74.2 Å². The van der Waals surface area contributed by atoms with E-state index in [4.69, 9.17) is 93.8 Å². The van der Waals surface area contributed by atoms with Crippen molar-refractivity contribution in [2.75, 3.05) is 62.4 Å². The van der Waals surface area contributed by atoms with Crippen LogP contribution in [0, 0.1) is 6.92 Å². The second-order valence-corrected chi connectivity index (χ2v) is 29.2. The Hall–Kier alpha value is -5.92. The van der Waals surface area contributed by atoms with Crippen molar-refractivity contribution in [2.24, 2.45) is 0 Å². The molecule has 0 spiro atoms. The number of urea groups is 2. The molecule has 0 aromatic heterocycles. The number of aldehydes is 1. The van der Waals surface area contributed by atoms with Gasteiger partial charge in [-0.15, -0.1) is 0 Å². The first kappa shape index (κ1) is 71.4. The monoisotopic (exact) mass is 1440 g/mol. The largest absolute Gasteiger partial charge is 0.394 e. The molecule has 4 unspecified atom stereocenters. The van der Waals surface area contributed by atoms with E-state index in [2.05, 4.69) is 82.2 Å². The van der Waals surface area contributed by atoms with Crippen molar-refractivity contribution in [1.82, 2.24) is 30.2 Å². The van der Waals surface area contributed by atoms with Crippen molar-refractivity contribution in [2.45, 2.75) is 121 Å². The Morgan fingerprint density at radius 3 is 1.33 bits per heavy atom. The molecule has 25 heteroatoms. The Morgan fingerprint density at radius 1 is 0.552 bits per heavy atom. The Morgan fingerprint density at radius 2 is 0.969 bits per heavy atom.